The molecule has 29 heavy (non-hydrogen) atoms. The molecule has 0 saturated carbocycles. The van der Waals surface area contributed by atoms with Gasteiger partial charge in [-0.2, -0.15) is 5.10 Å². The Morgan fingerprint density at radius 2 is 1.79 bits per heavy atom. The van der Waals surface area contributed by atoms with Crippen LogP contribution in [-0.2, 0) is 11.2 Å². The number of carbonyl (C=O) groups is 1. The van der Waals surface area contributed by atoms with Crippen molar-refractivity contribution in [1.82, 2.24) is 10.2 Å². The van der Waals surface area contributed by atoms with Crippen molar-refractivity contribution >= 4 is 11.6 Å². The molecule has 1 aromatic heterocycles. The number of hydrogen-bond acceptors (Lipinski definition) is 3. The number of aromatic amines is 1. The van der Waals surface area contributed by atoms with E-state index in [4.69, 9.17) is 4.74 Å². The maximum atomic E-state index is 13.2. The van der Waals surface area contributed by atoms with Crippen molar-refractivity contribution in [3.63, 3.8) is 0 Å². The zero-order valence-electron chi connectivity index (χ0n) is 17.5. The molecule has 152 valence electrons. The first-order valence-electron chi connectivity index (χ1n) is 10.1. The molecule has 0 bridgehead atoms. The number of anilines is 1. The van der Waals surface area contributed by atoms with Crippen LogP contribution < -0.4 is 10.1 Å². The number of carbonyl (C=O) groups excluding carboxylic acids is 1. The van der Waals surface area contributed by atoms with Crippen molar-refractivity contribution in [2.75, 3.05) is 12.4 Å². The molecule has 0 aliphatic rings. The van der Waals surface area contributed by atoms with Crippen molar-refractivity contribution in [1.29, 1.82) is 0 Å². The van der Waals surface area contributed by atoms with E-state index in [0.29, 0.717) is 11.6 Å². The van der Waals surface area contributed by atoms with Crippen LogP contribution in [0, 0.1) is 5.92 Å². The molecule has 0 aliphatic carbocycles. The van der Waals surface area contributed by atoms with Gasteiger partial charge < -0.3 is 10.1 Å². The lowest BCUT2D eigenvalue weighted by Gasteiger charge is -2.17. The lowest BCUT2D eigenvalue weighted by Crippen LogP contribution is -2.21. The van der Waals surface area contributed by atoms with Crippen LogP contribution in [0.25, 0.3) is 11.3 Å². The molecule has 2 aromatic carbocycles. The Kier molecular flexibility index (Phi) is 6.70. The second kappa shape index (κ2) is 9.41. The number of methoxy groups -OCH3 is 1. The smallest absolute Gasteiger partial charge is 0.232 e. The molecular weight excluding hydrogens is 362 g/mol. The Labute approximate surface area is 172 Å². The second-order valence-electron chi connectivity index (χ2n) is 7.58. The van der Waals surface area contributed by atoms with Crippen LogP contribution >= 0.6 is 0 Å². The van der Waals surface area contributed by atoms with Crippen LogP contribution in [0.5, 0.6) is 5.75 Å². The molecule has 1 atom stereocenters. The number of nitrogens with zero attached hydrogens (tertiary/aromatic N) is 1. The van der Waals surface area contributed by atoms with Crippen molar-refractivity contribution in [2.45, 2.75) is 39.5 Å². The summed E-state index contributed by atoms with van der Waals surface area (Å²) in [5.74, 6) is 0.901. The van der Waals surface area contributed by atoms with Gasteiger partial charge in [0.1, 0.15) is 11.4 Å². The minimum absolute atomic E-state index is 0.0266. The number of ether oxygens (including phenoxy) is 1. The number of aromatic nitrogens is 2. The highest BCUT2D eigenvalue weighted by atomic mass is 16.5. The summed E-state index contributed by atoms with van der Waals surface area (Å²) in [5, 5.41) is 10.9. The standard InChI is InChI=1S/C24H29N3O2/c1-5-18(17-11-7-6-8-12-17)24(28)25-23-20(15-16(2)3)26-27-22(23)19-13-9-10-14-21(19)29-4/h6-14,16,18H,5,15H2,1-4H3,(H,25,28)(H,26,27)/t18-/m0/s1. The van der Waals surface area contributed by atoms with Crippen molar-refractivity contribution in [3.8, 4) is 17.0 Å². The molecule has 0 saturated heterocycles. The molecule has 3 aromatic rings. The SMILES string of the molecule is CC[C@H](C(=O)Nc1c(-c2ccccc2OC)n[nH]c1CC(C)C)c1ccccc1. The molecule has 2 N–H and O–H groups in total. The number of rotatable bonds is 8. The largest absolute Gasteiger partial charge is 0.496 e. The molecule has 1 heterocycles. The van der Waals surface area contributed by atoms with E-state index in [1.54, 1.807) is 7.11 Å². The van der Waals surface area contributed by atoms with E-state index in [1.165, 1.54) is 0 Å². The van der Waals surface area contributed by atoms with Gasteiger partial charge in [0.25, 0.3) is 0 Å². The molecule has 5 heteroatoms. The normalized spacial score (nSPS) is 12.0. The molecule has 0 fully saturated rings. The molecule has 3 rings (SSSR count). The Bertz CT molecular complexity index is 948. The van der Waals surface area contributed by atoms with Gasteiger partial charge in [-0.1, -0.05) is 63.2 Å². The molecule has 0 aliphatic heterocycles. The Morgan fingerprint density at radius 1 is 1.10 bits per heavy atom. The monoisotopic (exact) mass is 391 g/mol. The number of nitrogens with one attached hydrogen (secondary N) is 2. The van der Waals surface area contributed by atoms with Crippen LogP contribution in [-0.4, -0.2) is 23.2 Å². The predicted octanol–water partition coefficient (Wildman–Crippen LogP) is 5.42. The number of para-hydroxylation sites is 1. The molecule has 5 nitrogen and oxygen atoms in total. The van der Waals surface area contributed by atoms with Gasteiger partial charge in [-0.05, 0) is 36.5 Å². The summed E-state index contributed by atoms with van der Waals surface area (Å²) in [7, 11) is 1.64. The maximum Gasteiger partial charge on any atom is 0.232 e. The topological polar surface area (TPSA) is 67.0 Å². The average Bonchev–Trinajstić information content (AvgIpc) is 3.10. The van der Waals surface area contributed by atoms with Gasteiger partial charge in [0.2, 0.25) is 5.91 Å². The number of benzene rings is 2. The van der Waals surface area contributed by atoms with Gasteiger partial charge in [0, 0.05) is 5.56 Å². The van der Waals surface area contributed by atoms with Gasteiger partial charge in [0.15, 0.2) is 0 Å². The van der Waals surface area contributed by atoms with Gasteiger partial charge in [-0.25, -0.2) is 0 Å². The molecule has 0 radical (unpaired) electrons. The first-order chi connectivity index (χ1) is 14.0. The van der Waals surface area contributed by atoms with E-state index in [1.807, 2.05) is 61.5 Å². The molecule has 1 amide bonds. The van der Waals surface area contributed by atoms with Crippen molar-refractivity contribution in [3.05, 3.63) is 65.9 Å². The summed E-state index contributed by atoms with van der Waals surface area (Å²) in [6, 6.07) is 17.6. The predicted molar refractivity (Wildman–Crippen MR) is 117 cm³/mol. The number of hydrogen-bond donors (Lipinski definition) is 2. The summed E-state index contributed by atoms with van der Waals surface area (Å²) < 4.78 is 5.52. The fourth-order valence-electron chi connectivity index (χ4n) is 3.57. The summed E-state index contributed by atoms with van der Waals surface area (Å²) in [5.41, 5.74) is 4.23. The van der Waals surface area contributed by atoms with E-state index >= 15 is 0 Å². The average molecular weight is 392 g/mol. The van der Waals surface area contributed by atoms with E-state index in [2.05, 4.69) is 29.4 Å². The first kappa shape index (κ1) is 20.6. The van der Waals surface area contributed by atoms with Crippen LogP contribution in [0.2, 0.25) is 0 Å². The Hall–Kier alpha value is -3.08. The first-order valence-corrected chi connectivity index (χ1v) is 10.1. The fraction of sp³-hybridized carbons (Fsp3) is 0.333. The highest BCUT2D eigenvalue weighted by Gasteiger charge is 2.24. The third-order valence-electron chi connectivity index (χ3n) is 4.99. The Morgan fingerprint density at radius 3 is 2.45 bits per heavy atom. The van der Waals surface area contributed by atoms with Gasteiger partial charge in [-0.3, -0.25) is 9.89 Å². The fourth-order valence-corrected chi connectivity index (χ4v) is 3.57. The summed E-state index contributed by atoms with van der Waals surface area (Å²) >= 11 is 0. The van der Waals surface area contributed by atoms with Crippen LogP contribution in [0.1, 0.15) is 44.4 Å². The third kappa shape index (κ3) is 4.67. The minimum Gasteiger partial charge on any atom is -0.496 e. The summed E-state index contributed by atoms with van der Waals surface area (Å²) in [4.78, 5) is 13.2. The molecular formula is C24H29N3O2. The number of H-pyrrole nitrogens is 1. The highest BCUT2D eigenvalue weighted by molar-refractivity contribution is 5.99. The van der Waals surface area contributed by atoms with E-state index in [0.717, 1.165) is 41.1 Å². The van der Waals surface area contributed by atoms with Crippen LogP contribution in [0.15, 0.2) is 54.6 Å². The van der Waals surface area contributed by atoms with Crippen molar-refractivity contribution in [2.24, 2.45) is 5.92 Å². The van der Waals surface area contributed by atoms with Crippen molar-refractivity contribution < 1.29 is 9.53 Å². The molecule has 0 unspecified atom stereocenters. The van der Waals surface area contributed by atoms with E-state index < -0.39 is 0 Å². The lowest BCUT2D eigenvalue weighted by atomic mass is 9.95. The summed E-state index contributed by atoms with van der Waals surface area (Å²) in [6.07, 6.45) is 1.51. The second-order valence-corrected chi connectivity index (χ2v) is 7.58. The van der Waals surface area contributed by atoms with E-state index in [9.17, 15) is 4.79 Å². The zero-order valence-corrected chi connectivity index (χ0v) is 17.5. The Balaban J connectivity index is 2.00. The minimum atomic E-state index is -0.219. The number of amides is 1. The lowest BCUT2D eigenvalue weighted by molar-refractivity contribution is -0.117. The quantitative estimate of drug-likeness (QED) is 0.539. The van der Waals surface area contributed by atoms with Crippen LogP contribution in [0.4, 0.5) is 5.69 Å². The molecule has 0 spiro atoms. The third-order valence-corrected chi connectivity index (χ3v) is 4.99. The van der Waals surface area contributed by atoms with Gasteiger partial charge in [0.05, 0.1) is 24.4 Å². The maximum absolute atomic E-state index is 13.2. The van der Waals surface area contributed by atoms with E-state index in [-0.39, 0.29) is 11.8 Å². The van der Waals surface area contributed by atoms with Crippen LogP contribution in [0.3, 0.4) is 0 Å². The van der Waals surface area contributed by atoms with Gasteiger partial charge in [-0.15, -0.1) is 0 Å². The summed E-state index contributed by atoms with van der Waals surface area (Å²) in [6.45, 7) is 6.32. The highest BCUT2D eigenvalue weighted by Crippen LogP contribution is 2.36. The zero-order chi connectivity index (χ0) is 20.8. The van der Waals surface area contributed by atoms with Gasteiger partial charge >= 0.3 is 0 Å².